The highest BCUT2D eigenvalue weighted by atomic mass is 16.1. The molecule has 1 aliphatic heterocycles. The van der Waals surface area contributed by atoms with E-state index in [1.54, 1.807) is 12.1 Å². The molecule has 3 aromatic rings. The van der Waals surface area contributed by atoms with Crippen molar-refractivity contribution in [2.24, 2.45) is 5.73 Å². The zero-order valence-electron chi connectivity index (χ0n) is 14.8. The second-order valence-corrected chi connectivity index (χ2v) is 6.48. The number of H-pyrrole nitrogens is 1. The minimum Gasteiger partial charge on any atom is -0.366 e. The number of nitrogens with two attached hydrogens (primary N) is 1. The number of primary amides is 1. The van der Waals surface area contributed by atoms with Crippen LogP contribution >= 0.6 is 0 Å². The Hall–Kier alpha value is -2.93. The van der Waals surface area contributed by atoms with E-state index in [4.69, 9.17) is 5.73 Å². The molecule has 0 unspecified atom stereocenters. The number of nitrogens with zero attached hydrogens (tertiary/aromatic N) is 4. The Balaban J connectivity index is 1.58. The maximum absolute atomic E-state index is 11.6. The van der Waals surface area contributed by atoms with Crippen molar-refractivity contribution in [3.05, 3.63) is 42.1 Å². The number of anilines is 1. The van der Waals surface area contributed by atoms with E-state index in [2.05, 4.69) is 31.7 Å². The summed E-state index contributed by atoms with van der Waals surface area (Å²) in [6.07, 6.45) is 1.82. The first-order valence-electron chi connectivity index (χ1n) is 8.88. The Kier molecular flexibility index (Phi) is 4.30. The minimum atomic E-state index is -0.478. The Morgan fingerprint density at radius 1 is 1.19 bits per heavy atom. The van der Waals surface area contributed by atoms with Crippen LogP contribution in [-0.4, -0.2) is 58.5 Å². The molecule has 7 nitrogen and oxygen atoms in total. The number of pyridine rings is 1. The number of hydrogen-bond donors (Lipinski definition) is 2. The van der Waals surface area contributed by atoms with E-state index in [1.165, 1.54) is 0 Å². The van der Waals surface area contributed by atoms with Gasteiger partial charge in [0, 0.05) is 37.9 Å². The second kappa shape index (κ2) is 6.76. The normalized spacial score (nSPS) is 15.5. The SMILES string of the molecule is CCN1CCN(c2ccc(-c3nc4c(C(N)=O)cccc4[nH]3)cn2)CC1. The number of aromatic nitrogens is 3. The number of piperazine rings is 1. The lowest BCUT2D eigenvalue weighted by molar-refractivity contribution is 0.100. The van der Waals surface area contributed by atoms with Crippen LogP contribution in [0.1, 0.15) is 17.3 Å². The van der Waals surface area contributed by atoms with Gasteiger partial charge in [0.2, 0.25) is 0 Å². The maximum atomic E-state index is 11.6. The molecular formula is C19H22N6O. The number of para-hydroxylation sites is 1. The van der Waals surface area contributed by atoms with Crippen molar-refractivity contribution in [1.82, 2.24) is 19.9 Å². The van der Waals surface area contributed by atoms with Gasteiger partial charge in [-0.3, -0.25) is 4.79 Å². The van der Waals surface area contributed by atoms with Gasteiger partial charge in [0.25, 0.3) is 5.91 Å². The van der Waals surface area contributed by atoms with E-state index in [0.29, 0.717) is 16.9 Å². The summed E-state index contributed by atoms with van der Waals surface area (Å²) in [7, 11) is 0. The Bertz CT molecular complexity index is 925. The molecule has 0 atom stereocenters. The average Bonchev–Trinajstić information content (AvgIpc) is 3.12. The summed E-state index contributed by atoms with van der Waals surface area (Å²) in [6.45, 7) is 7.41. The molecule has 134 valence electrons. The summed E-state index contributed by atoms with van der Waals surface area (Å²) in [6, 6.07) is 9.40. The highest BCUT2D eigenvalue weighted by Gasteiger charge is 2.17. The number of amides is 1. The lowest BCUT2D eigenvalue weighted by Crippen LogP contribution is -2.46. The third-order valence-corrected chi connectivity index (χ3v) is 4.94. The lowest BCUT2D eigenvalue weighted by atomic mass is 10.2. The van der Waals surface area contributed by atoms with Crippen molar-refractivity contribution in [1.29, 1.82) is 0 Å². The number of benzene rings is 1. The molecule has 1 amide bonds. The van der Waals surface area contributed by atoms with Gasteiger partial charge in [-0.15, -0.1) is 0 Å². The van der Waals surface area contributed by atoms with Crippen LogP contribution in [0.3, 0.4) is 0 Å². The highest BCUT2D eigenvalue weighted by molar-refractivity contribution is 6.04. The van der Waals surface area contributed by atoms with Crippen LogP contribution in [-0.2, 0) is 0 Å². The first-order valence-corrected chi connectivity index (χ1v) is 8.88. The molecule has 4 rings (SSSR count). The monoisotopic (exact) mass is 350 g/mol. The fourth-order valence-electron chi connectivity index (χ4n) is 3.37. The molecule has 1 saturated heterocycles. The number of aromatic amines is 1. The van der Waals surface area contributed by atoms with E-state index < -0.39 is 5.91 Å². The number of carbonyl (C=O) groups is 1. The van der Waals surface area contributed by atoms with Crippen molar-refractivity contribution >= 4 is 22.8 Å². The number of fused-ring (bicyclic) bond motifs is 1. The van der Waals surface area contributed by atoms with Gasteiger partial charge in [-0.2, -0.15) is 0 Å². The number of rotatable bonds is 4. The smallest absolute Gasteiger partial charge is 0.250 e. The fraction of sp³-hybridized carbons (Fsp3) is 0.316. The second-order valence-electron chi connectivity index (χ2n) is 6.48. The van der Waals surface area contributed by atoms with Crippen molar-refractivity contribution in [3.63, 3.8) is 0 Å². The van der Waals surface area contributed by atoms with Gasteiger partial charge in [0.15, 0.2) is 0 Å². The topological polar surface area (TPSA) is 91.1 Å². The molecule has 26 heavy (non-hydrogen) atoms. The molecule has 0 spiro atoms. The third-order valence-electron chi connectivity index (χ3n) is 4.94. The first-order chi connectivity index (χ1) is 12.7. The fourth-order valence-corrected chi connectivity index (χ4v) is 3.37. The van der Waals surface area contributed by atoms with E-state index in [0.717, 1.165) is 49.6 Å². The number of hydrogen-bond acceptors (Lipinski definition) is 5. The van der Waals surface area contributed by atoms with Crippen LogP contribution in [0, 0.1) is 0 Å². The summed E-state index contributed by atoms with van der Waals surface area (Å²) in [5.41, 5.74) is 8.12. The van der Waals surface area contributed by atoms with Crippen LogP contribution in [0.25, 0.3) is 22.4 Å². The first kappa shape index (κ1) is 16.5. The molecular weight excluding hydrogens is 328 g/mol. The largest absolute Gasteiger partial charge is 0.366 e. The Labute approximate surface area is 151 Å². The number of carbonyl (C=O) groups excluding carboxylic acids is 1. The Morgan fingerprint density at radius 2 is 2.00 bits per heavy atom. The van der Waals surface area contributed by atoms with Crippen LogP contribution in [0.15, 0.2) is 36.5 Å². The molecule has 3 heterocycles. The van der Waals surface area contributed by atoms with Gasteiger partial charge in [-0.25, -0.2) is 9.97 Å². The highest BCUT2D eigenvalue weighted by Crippen LogP contribution is 2.24. The summed E-state index contributed by atoms with van der Waals surface area (Å²) >= 11 is 0. The molecule has 0 bridgehead atoms. The van der Waals surface area contributed by atoms with Gasteiger partial charge in [0.1, 0.15) is 17.2 Å². The summed E-state index contributed by atoms with van der Waals surface area (Å²) < 4.78 is 0. The van der Waals surface area contributed by atoms with Crippen molar-refractivity contribution in [2.75, 3.05) is 37.6 Å². The van der Waals surface area contributed by atoms with Crippen molar-refractivity contribution in [3.8, 4) is 11.4 Å². The van der Waals surface area contributed by atoms with Crippen LogP contribution in [0.2, 0.25) is 0 Å². The molecule has 1 fully saturated rings. The molecule has 1 aliphatic rings. The standard InChI is InChI=1S/C19H22N6O/c1-2-24-8-10-25(11-9-24)16-7-6-13(12-21-16)19-22-15-5-3-4-14(18(20)26)17(15)23-19/h3-7,12H,2,8-11H2,1H3,(H2,20,26)(H,22,23). The molecule has 3 N–H and O–H groups in total. The van der Waals surface area contributed by atoms with Crippen LogP contribution < -0.4 is 10.6 Å². The number of imidazole rings is 1. The molecule has 0 aliphatic carbocycles. The molecule has 2 aromatic heterocycles. The van der Waals surface area contributed by atoms with Gasteiger partial charge >= 0.3 is 0 Å². The molecule has 0 radical (unpaired) electrons. The van der Waals surface area contributed by atoms with Crippen LogP contribution in [0.5, 0.6) is 0 Å². The van der Waals surface area contributed by atoms with E-state index >= 15 is 0 Å². The van der Waals surface area contributed by atoms with Crippen molar-refractivity contribution in [2.45, 2.75) is 6.92 Å². The maximum Gasteiger partial charge on any atom is 0.250 e. The van der Waals surface area contributed by atoms with Crippen molar-refractivity contribution < 1.29 is 4.79 Å². The average molecular weight is 350 g/mol. The van der Waals surface area contributed by atoms with E-state index in [1.807, 2.05) is 24.4 Å². The quantitative estimate of drug-likeness (QED) is 0.749. The predicted molar refractivity (Wildman–Crippen MR) is 102 cm³/mol. The molecule has 1 aromatic carbocycles. The summed E-state index contributed by atoms with van der Waals surface area (Å²) in [4.78, 5) is 28.7. The minimum absolute atomic E-state index is 0.420. The lowest BCUT2D eigenvalue weighted by Gasteiger charge is -2.34. The molecule has 7 heteroatoms. The number of likely N-dealkylation sites (N-methyl/N-ethyl adjacent to an activating group) is 1. The summed E-state index contributed by atoms with van der Waals surface area (Å²) in [5, 5.41) is 0. The van der Waals surface area contributed by atoms with E-state index in [-0.39, 0.29) is 0 Å². The van der Waals surface area contributed by atoms with Gasteiger partial charge in [-0.05, 0) is 30.8 Å². The molecule has 0 saturated carbocycles. The van der Waals surface area contributed by atoms with Gasteiger partial charge in [-0.1, -0.05) is 13.0 Å². The predicted octanol–water partition coefficient (Wildman–Crippen LogP) is 1.87. The number of nitrogens with one attached hydrogen (secondary N) is 1. The van der Waals surface area contributed by atoms with Gasteiger partial charge < -0.3 is 20.5 Å². The zero-order chi connectivity index (χ0) is 18.1. The Morgan fingerprint density at radius 3 is 2.65 bits per heavy atom. The van der Waals surface area contributed by atoms with E-state index in [9.17, 15) is 4.79 Å². The summed E-state index contributed by atoms with van der Waals surface area (Å²) in [5.74, 6) is 1.19. The zero-order valence-corrected chi connectivity index (χ0v) is 14.8. The third kappa shape index (κ3) is 3.01. The van der Waals surface area contributed by atoms with Crippen LogP contribution in [0.4, 0.5) is 5.82 Å². The van der Waals surface area contributed by atoms with Gasteiger partial charge in [0.05, 0.1) is 11.1 Å².